The van der Waals surface area contributed by atoms with Gasteiger partial charge >= 0.3 is 0 Å². The quantitative estimate of drug-likeness (QED) is 0.734. The highest BCUT2D eigenvalue weighted by Gasteiger charge is 2.13. The van der Waals surface area contributed by atoms with Gasteiger partial charge in [-0.25, -0.2) is 0 Å². The van der Waals surface area contributed by atoms with Gasteiger partial charge < -0.3 is 5.32 Å². The lowest BCUT2D eigenvalue weighted by Gasteiger charge is -2.13. The van der Waals surface area contributed by atoms with E-state index in [1.807, 2.05) is 6.07 Å². The zero-order valence-electron chi connectivity index (χ0n) is 9.93. The van der Waals surface area contributed by atoms with Crippen LogP contribution < -0.4 is 5.32 Å². The molecule has 1 nitrogen and oxygen atoms in total. The molecule has 0 saturated carbocycles. The van der Waals surface area contributed by atoms with Crippen LogP contribution in [-0.2, 0) is 0 Å². The van der Waals surface area contributed by atoms with Crippen molar-refractivity contribution in [2.24, 2.45) is 0 Å². The molecule has 0 amide bonds. The van der Waals surface area contributed by atoms with Crippen LogP contribution in [0.5, 0.6) is 0 Å². The summed E-state index contributed by atoms with van der Waals surface area (Å²) in [7, 11) is 0. The molecule has 1 N–H and O–H groups in total. The van der Waals surface area contributed by atoms with Gasteiger partial charge in [-0.1, -0.05) is 34.9 Å². The molecule has 1 aliphatic carbocycles. The van der Waals surface area contributed by atoms with Crippen LogP contribution in [0.3, 0.4) is 0 Å². The molecule has 0 fully saturated rings. The third-order valence-electron chi connectivity index (χ3n) is 3.18. The van der Waals surface area contributed by atoms with E-state index in [9.17, 15) is 0 Å². The SMILES string of the molecule is CC(NCCC1=CCCC1)c1cc(Cl)sc1Cl. The zero-order valence-corrected chi connectivity index (χ0v) is 12.3. The number of allylic oxidation sites excluding steroid dienone is 1. The molecule has 94 valence electrons. The number of rotatable bonds is 5. The van der Waals surface area contributed by atoms with Gasteiger partial charge in [0.1, 0.15) is 0 Å². The van der Waals surface area contributed by atoms with Crippen molar-refractivity contribution in [2.75, 3.05) is 6.54 Å². The van der Waals surface area contributed by atoms with Crippen LogP contribution in [0.1, 0.15) is 44.2 Å². The van der Waals surface area contributed by atoms with Gasteiger partial charge in [-0.15, -0.1) is 11.3 Å². The first-order valence-corrected chi connectivity index (χ1v) is 7.60. The minimum Gasteiger partial charge on any atom is -0.310 e. The second kappa shape index (κ2) is 6.24. The number of hydrogen-bond donors (Lipinski definition) is 1. The van der Waals surface area contributed by atoms with Crippen LogP contribution >= 0.6 is 34.5 Å². The van der Waals surface area contributed by atoms with E-state index in [1.165, 1.54) is 30.6 Å². The predicted molar refractivity (Wildman–Crippen MR) is 77.3 cm³/mol. The summed E-state index contributed by atoms with van der Waals surface area (Å²) >= 11 is 13.5. The Balaban J connectivity index is 1.80. The van der Waals surface area contributed by atoms with Crippen molar-refractivity contribution in [2.45, 2.75) is 38.6 Å². The summed E-state index contributed by atoms with van der Waals surface area (Å²) in [5.74, 6) is 0. The topological polar surface area (TPSA) is 12.0 Å². The van der Waals surface area contributed by atoms with Gasteiger partial charge in [0.05, 0.1) is 8.67 Å². The Kier molecular flexibility index (Phi) is 4.92. The molecular formula is C13H17Cl2NS. The largest absolute Gasteiger partial charge is 0.310 e. The maximum absolute atomic E-state index is 6.13. The standard InChI is InChI=1S/C13H17Cl2NS/c1-9(11-8-12(14)17-13(11)15)16-7-6-10-4-2-3-5-10/h4,8-9,16H,2-3,5-7H2,1H3. The molecule has 1 aromatic rings. The number of thiophene rings is 1. The first-order chi connectivity index (χ1) is 8.16. The van der Waals surface area contributed by atoms with E-state index in [1.54, 1.807) is 5.57 Å². The lowest BCUT2D eigenvalue weighted by atomic mass is 10.1. The molecule has 17 heavy (non-hydrogen) atoms. The minimum atomic E-state index is 0.272. The van der Waals surface area contributed by atoms with Crippen molar-refractivity contribution in [3.05, 3.63) is 32.0 Å². The van der Waals surface area contributed by atoms with Crippen LogP contribution in [0.4, 0.5) is 0 Å². The second-order valence-electron chi connectivity index (χ2n) is 4.46. The molecule has 0 radical (unpaired) electrons. The molecule has 0 spiro atoms. The molecule has 1 heterocycles. The van der Waals surface area contributed by atoms with Crippen LogP contribution in [0.25, 0.3) is 0 Å². The molecule has 0 saturated heterocycles. The predicted octanol–water partition coefficient (Wildman–Crippen LogP) is 5.21. The van der Waals surface area contributed by atoms with Crippen molar-refractivity contribution < 1.29 is 0 Å². The van der Waals surface area contributed by atoms with E-state index in [2.05, 4.69) is 18.3 Å². The molecule has 0 aromatic carbocycles. The van der Waals surface area contributed by atoms with Gasteiger partial charge in [-0.05, 0) is 50.8 Å². The Morgan fingerprint density at radius 1 is 1.47 bits per heavy atom. The lowest BCUT2D eigenvalue weighted by Crippen LogP contribution is -2.19. The van der Waals surface area contributed by atoms with Crippen LogP contribution in [0.2, 0.25) is 8.67 Å². The Labute approximate surface area is 117 Å². The summed E-state index contributed by atoms with van der Waals surface area (Å²) in [6.45, 7) is 3.14. The summed E-state index contributed by atoms with van der Waals surface area (Å²) in [4.78, 5) is 0. The molecule has 0 aliphatic heterocycles. The van der Waals surface area contributed by atoms with Gasteiger partial charge in [-0.2, -0.15) is 0 Å². The highest BCUT2D eigenvalue weighted by atomic mass is 35.5. The van der Waals surface area contributed by atoms with E-state index >= 15 is 0 Å². The van der Waals surface area contributed by atoms with Crippen LogP contribution in [0, 0.1) is 0 Å². The fraction of sp³-hybridized carbons (Fsp3) is 0.538. The third-order valence-corrected chi connectivity index (χ3v) is 4.70. The van der Waals surface area contributed by atoms with Crippen molar-refractivity contribution >= 4 is 34.5 Å². The maximum Gasteiger partial charge on any atom is 0.0991 e. The van der Waals surface area contributed by atoms with E-state index in [-0.39, 0.29) is 6.04 Å². The summed E-state index contributed by atoms with van der Waals surface area (Å²) in [6.07, 6.45) is 7.40. The molecule has 0 bridgehead atoms. The lowest BCUT2D eigenvalue weighted by molar-refractivity contribution is 0.574. The van der Waals surface area contributed by atoms with Gasteiger partial charge in [-0.3, -0.25) is 0 Å². The highest BCUT2D eigenvalue weighted by Crippen LogP contribution is 2.34. The molecule has 1 aromatic heterocycles. The molecule has 2 rings (SSSR count). The maximum atomic E-state index is 6.13. The van der Waals surface area contributed by atoms with Crippen LogP contribution in [0.15, 0.2) is 17.7 Å². The molecule has 1 unspecified atom stereocenters. The van der Waals surface area contributed by atoms with Gasteiger partial charge in [0.15, 0.2) is 0 Å². The second-order valence-corrected chi connectivity index (χ2v) is 6.75. The Morgan fingerprint density at radius 2 is 2.29 bits per heavy atom. The van der Waals surface area contributed by atoms with Crippen molar-refractivity contribution in [1.82, 2.24) is 5.32 Å². The van der Waals surface area contributed by atoms with E-state index < -0.39 is 0 Å². The minimum absolute atomic E-state index is 0.272. The molecule has 1 atom stereocenters. The average molecular weight is 290 g/mol. The average Bonchev–Trinajstić information content (AvgIpc) is 2.88. The van der Waals surface area contributed by atoms with E-state index in [4.69, 9.17) is 23.2 Å². The summed E-state index contributed by atoms with van der Waals surface area (Å²) in [5.41, 5.74) is 2.71. The van der Waals surface area contributed by atoms with Crippen molar-refractivity contribution in [3.63, 3.8) is 0 Å². The normalized spacial score (nSPS) is 17.2. The Bertz CT molecular complexity index is 412. The van der Waals surface area contributed by atoms with Crippen molar-refractivity contribution in [3.8, 4) is 0 Å². The summed E-state index contributed by atoms with van der Waals surface area (Å²) in [6, 6.07) is 2.23. The molecule has 4 heteroatoms. The third kappa shape index (κ3) is 3.72. The number of nitrogens with one attached hydrogen (secondary N) is 1. The van der Waals surface area contributed by atoms with Gasteiger partial charge in [0.25, 0.3) is 0 Å². The summed E-state index contributed by atoms with van der Waals surface area (Å²) in [5, 5.41) is 3.50. The first-order valence-electron chi connectivity index (χ1n) is 6.03. The van der Waals surface area contributed by atoms with Gasteiger partial charge in [0.2, 0.25) is 0 Å². The van der Waals surface area contributed by atoms with Gasteiger partial charge in [0, 0.05) is 6.04 Å². The highest BCUT2D eigenvalue weighted by molar-refractivity contribution is 7.20. The Morgan fingerprint density at radius 3 is 2.88 bits per heavy atom. The Hall–Kier alpha value is -0.0200. The first kappa shape index (κ1) is 13.4. The summed E-state index contributed by atoms with van der Waals surface area (Å²) < 4.78 is 1.56. The zero-order chi connectivity index (χ0) is 12.3. The fourth-order valence-corrected chi connectivity index (χ4v) is 3.82. The molecule has 1 aliphatic rings. The van der Waals surface area contributed by atoms with E-state index in [0.717, 1.165) is 27.2 Å². The van der Waals surface area contributed by atoms with Crippen LogP contribution in [-0.4, -0.2) is 6.54 Å². The number of hydrogen-bond acceptors (Lipinski definition) is 2. The van der Waals surface area contributed by atoms with E-state index in [0.29, 0.717) is 0 Å². The number of halogens is 2. The monoisotopic (exact) mass is 289 g/mol. The van der Waals surface area contributed by atoms with Crippen molar-refractivity contribution in [1.29, 1.82) is 0 Å². The fourth-order valence-electron chi connectivity index (χ4n) is 2.17. The molecular weight excluding hydrogens is 273 g/mol. The smallest absolute Gasteiger partial charge is 0.0991 e.